The molecule has 0 aromatic heterocycles. The number of ether oxygens (including phenoxy) is 6. The van der Waals surface area contributed by atoms with Crippen LogP contribution in [0.3, 0.4) is 0 Å². The number of aryl methyl sites for hydroxylation is 1. The Balaban J connectivity index is 1.72. The van der Waals surface area contributed by atoms with Gasteiger partial charge in [-0.2, -0.15) is 0 Å². The van der Waals surface area contributed by atoms with Gasteiger partial charge in [0, 0.05) is 12.2 Å². The molecule has 1 aliphatic heterocycles. The summed E-state index contributed by atoms with van der Waals surface area (Å²) in [4.78, 5) is 0. The van der Waals surface area contributed by atoms with Crippen molar-refractivity contribution in [3.05, 3.63) is 70.3 Å². The first-order chi connectivity index (χ1) is 20.3. The minimum Gasteiger partial charge on any atom is -0.504 e. The highest BCUT2D eigenvalue weighted by Gasteiger charge is 2.37. The van der Waals surface area contributed by atoms with Crippen LogP contribution in [0, 0.1) is 0 Å². The van der Waals surface area contributed by atoms with E-state index in [9.17, 15) is 25.5 Å². The van der Waals surface area contributed by atoms with Crippen molar-refractivity contribution in [3.8, 4) is 34.5 Å². The van der Waals surface area contributed by atoms with Crippen LogP contribution in [0.2, 0.25) is 0 Å². The first kappa shape index (κ1) is 31.2. The van der Waals surface area contributed by atoms with Crippen LogP contribution in [0.5, 0.6) is 34.5 Å². The highest BCUT2D eigenvalue weighted by Crippen LogP contribution is 2.51. The smallest absolute Gasteiger partial charge is 0.204 e. The molecule has 0 saturated heterocycles. The van der Waals surface area contributed by atoms with Gasteiger partial charge in [0.25, 0.3) is 0 Å². The molecule has 11 heteroatoms. The largest absolute Gasteiger partial charge is 0.504 e. The fraction of sp³-hybridized carbons (Fsp3) is 0.419. The van der Waals surface area contributed by atoms with Crippen molar-refractivity contribution < 1.29 is 54.0 Å². The van der Waals surface area contributed by atoms with Gasteiger partial charge in [-0.15, -0.1) is 0 Å². The van der Waals surface area contributed by atoms with Crippen LogP contribution in [-0.4, -0.2) is 79.9 Å². The summed E-state index contributed by atoms with van der Waals surface area (Å²) in [6, 6.07) is 11.6. The van der Waals surface area contributed by atoms with Crippen molar-refractivity contribution in [2.45, 2.75) is 37.3 Å². The third kappa shape index (κ3) is 6.20. The minimum absolute atomic E-state index is 0.0628. The van der Waals surface area contributed by atoms with Gasteiger partial charge < -0.3 is 54.0 Å². The van der Waals surface area contributed by atoms with Crippen molar-refractivity contribution in [1.29, 1.82) is 0 Å². The summed E-state index contributed by atoms with van der Waals surface area (Å²) in [6.07, 6.45) is -2.43. The topological polar surface area (TPSA) is 157 Å². The van der Waals surface area contributed by atoms with Crippen molar-refractivity contribution in [2.24, 2.45) is 0 Å². The lowest BCUT2D eigenvalue weighted by Gasteiger charge is -2.26. The van der Waals surface area contributed by atoms with Gasteiger partial charge in [0.1, 0.15) is 24.1 Å². The molecule has 42 heavy (non-hydrogen) atoms. The van der Waals surface area contributed by atoms with Crippen LogP contribution >= 0.6 is 0 Å². The Labute approximate surface area is 244 Å². The molecular weight excluding hydrogens is 548 g/mol. The van der Waals surface area contributed by atoms with Crippen molar-refractivity contribution in [1.82, 2.24) is 0 Å². The van der Waals surface area contributed by atoms with Crippen LogP contribution < -0.4 is 23.7 Å². The maximum absolute atomic E-state index is 11.0. The van der Waals surface area contributed by atoms with Crippen LogP contribution in [0.15, 0.2) is 42.5 Å². The van der Waals surface area contributed by atoms with E-state index in [1.165, 1.54) is 39.5 Å². The predicted octanol–water partition coefficient (Wildman–Crippen LogP) is 2.98. The fourth-order valence-electron chi connectivity index (χ4n) is 5.16. The molecular formula is C31H38O11. The lowest BCUT2D eigenvalue weighted by atomic mass is 9.93. The lowest BCUT2D eigenvalue weighted by molar-refractivity contribution is -0.00392. The van der Waals surface area contributed by atoms with E-state index < -0.39 is 31.0 Å². The average molecular weight is 587 g/mol. The number of phenolic OH excluding ortho intramolecular Hbond substituents is 1. The molecule has 3 unspecified atom stereocenters. The first-order valence-electron chi connectivity index (χ1n) is 13.5. The third-order valence-electron chi connectivity index (χ3n) is 7.28. The zero-order valence-corrected chi connectivity index (χ0v) is 24.1. The van der Waals surface area contributed by atoms with E-state index in [0.717, 1.165) is 16.7 Å². The van der Waals surface area contributed by atoms with E-state index in [2.05, 4.69) is 0 Å². The zero-order chi connectivity index (χ0) is 30.4. The van der Waals surface area contributed by atoms with Gasteiger partial charge in [0.15, 0.2) is 29.1 Å². The van der Waals surface area contributed by atoms with Crippen LogP contribution in [-0.2, 0) is 11.2 Å². The molecule has 4 atom stereocenters. The van der Waals surface area contributed by atoms with Crippen LogP contribution in [0.25, 0.3) is 0 Å². The quantitative estimate of drug-likeness (QED) is 0.189. The average Bonchev–Trinajstić information content (AvgIpc) is 3.40. The van der Waals surface area contributed by atoms with Gasteiger partial charge >= 0.3 is 0 Å². The second-order valence-electron chi connectivity index (χ2n) is 9.79. The number of fused-ring (bicyclic) bond motifs is 1. The number of benzene rings is 3. The van der Waals surface area contributed by atoms with Crippen molar-refractivity contribution in [2.75, 3.05) is 48.3 Å². The Kier molecular flexibility index (Phi) is 10.4. The number of aliphatic hydroxyl groups excluding tert-OH is 4. The van der Waals surface area contributed by atoms with Gasteiger partial charge in [0.2, 0.25) is 5.75 Å². The number of rotatable bonds is 14. The summed E-state index contributed by atoms with van der Waals surface area (Å²) >= 11 is 0. The molecule has 0 amide bonds. The predicted molar refractivity (Wildman–Crippen MR) is 152 cm³/mol. The van der Waals surface area contributed by atoms with E-state index >= 15 is 0 Å². The maximum atomic E-state index is 11.0. The van der Waals surface area contributed by atoms with Gasteiger partial charge in [0.05, 0.1) is 41.7 Å². The van der Waals surface area contributed by atoms with E-state index in [-0.39, 0.29) is 42.0 Å². The molecule has 11 nitrogen and oxygen atoms in total. The molecule has 0 saturated carbocycles. The van der Waals surface area contributed by atoms with Crippen LogP contribution in [0.4, 0.5) is 0 Å². The molecule has 3 aromatic rings. The van der Waals surface area contributed by atoms with Gasteiger partial charge in [-0.1, -0.05) is 12.1 Å². The minimum atomic E-state index is -1.29. The molecule has 5 N–H and O–H groups in total. The number of methoxy groups -OCH3 is 4. The number of aliphatic hydroxyl groups is 4. The highest BCUT2D eigenvalue weighted by atomic mass is 16.6. The summed E-state index contributed by atoms with van der Waals surface area (Å²) in [7, 11) is 5.86. The second-order valence-corrected chi connectivity index (χ2v) is 9.79. The standard InChI is InChI=1S/C31H38O11/c1-37-22-12-18(7-8-21(22)35)29(36)27(16-34)42-31-24(39-3)13-19(14-25(31)40-4)30-28-20(26(15-33)41-30)10-17(6-5-9-32)11-23(28)38-2/h7-8,10-14,26-27,29-30,32-36H,5-6,9,15-16H2,1-4H3/t26-,27?,29?,30?/m0/s1. The second kappa shape index (κ2) is 14.0. The Bertz CT molecular complexity index is 1330. The Hall–Kier alpha value is -3.74. The van der Waals surface area contributed by atoms with Gasteiger partial charge in [-0.3, -0.25) is 0 Å². The number of hydrogen-bond acceptors (Lipinski definition) is 11. The summed E-state index contributed by atoms with van der Waals surface area (Å²) in [5, 5.41) is 50.5. The lowest BCUT2D eigenvalue weighted by Crippen LogP contribution is -2.29. The molecule has 228 valence electrons. The summed E-state index contributed by atoms with van der Waals surface area (Å²) in [5.74, 6) is 1.33. The Morgan fingerprint density at radius 2 is 1.50 bits per heavy atom. The summed E-state index contributed by atoms with van der Waals surface area (Å²) < 4.78 is 34.5. The Morgan fingerprint density at radius 1 is 0.833 bits per heavy atom. The third-order valence-corrected chi connectivity index (χ3v) is 7.28. The zero-order valence-electron chi connectivity index (χ0n) is 24.1. The van der Waals surface area contributed by atoms with Crippen molar-refractivity contribution in [3.63, 3.8) is 0 Å². The van der Waals surface area contributed by atoms with Crippen LogP contribution in [0.1, 0.15) is 52.5 Å². The van der Waals surface area contributed by atoms with E-state index in [4.69, 9.17) is 28.4 Å². The monoisotopic (exact) mass is 586 g/mol. The van der Waals surface area contributed by atoms with E-state index in [1.54, 1.807) is 19.2 Å². The molecule has 0 spiro atoms. The number of phenols is 1. The maximum Gasteiger partial charge on any atom is 0.204 e. The normalized spacial score (nSPS) is 17.3. The molecule has 1 heterocycles. The van der Waals surface area contributed by atoms with Gasteiger partial charge in [-0.25, -0.2) is 0 Å². The number of aromatic hydroxyl groups is 1. The molecule has 4 rings (SSSR count). The number of hydrogen-bond donors (Lipinski definition) is 5. The molecule has 0 fully saturated rings. The van der Waals surface area contributed by atoms with Gasteiger partial charge in [-0.05, 0) is 65.4 Å². The molecule has 0 aliphatic carbocycles. The molecule has 3 aromatic carbocycles. The molecule has 1 aliphatic rings. The highest BCUT2D eigenvalue weighted by molar-refractivity contribution is 5.58. The SMILES string of the molecule is COc1cc(C(O)C(CO)Oc2c(OC)cc(C3O[C@@H](CO)c4cc(CCCO)cc(OC)c43)cc2OC)ccc1O. The molecule has 0 bridgehead atoms. The van der Waals surface area contributed by atoms with Crippen molar-refractivity contribution >= 4 is 0 Å². The summed E-state index contributed by atoms with van der Waals surface area (Å²) in [5.41, 5.74) is 3.50. The molecule has 0 radical (unpaired) electrons. The first-order valence-corrected chi connectivity index (χ1v) is 13.5. The van der Waals surface area contributed by atoms with E-state index in [1.807, 2.05) is 12.1 Å². The summed E-state index contributed by atoms with van der Waals surface area (Å²) in [6.45, 7) is -0.734. The van der Waals surface area contributed by atoms with E-state index in [0.29, 0.717) is 29.7 Å². The fourth-order valence-corrected chi connectivity index (χ4v) is 5.16. The Morgan fingerprint density at radius 3 is 2.07 bits per heavy atom.